The summed E-state index contributed by atoms with van der Waals surface area (Å²) in [6.07, 6.45) is 3.99. The first kappa shape index (κ1) is 13.9. The molecule has 4 heteroatoms. The SMILES string of the molecule is CC(C)(C)N(CCC(=O)O)C(=O)C1C2C3CCC(C3)C12. The van der Waals surface area contributed by atoms with E-state index in [9.17, 15) is 9.59 Å². The zero-order valence-electron chi connectivity index (χ0n) is 12.6. The highest BCUT2D eigenvalue weighted by molar-refractivity contribution is 5.84. The van der Waals surface area contributed by atoms with Crippen molar-refractivity contribution in [2.45, 2.75) is 52.0 Å². The van der Waals surface area contributed by atoms with Crippen LogP contribution in [0.25, 0.3) is 0 Å². The Bertz CT molecular complexity index is 423. The summed E-state index contributed by atoms with van der Waals surface area (Å²) in [5, 5.41) is 8.88. The van der Waals surface area contributed by atoms with Gasteiger partial charge in [0.15, 0.2) is 0 Å². The molecular weight excluding hydrogens is 254 g/mol. The molecule has 0 aromatic carbocycles. The number of fused-ring (bicyclic) bond motifs is 5. The summed E-state index contributed by atoms with van der Waals surface area (Å²) in [6, 6.07) is 0. The van der Waals surface area contributed by atoms with Crippen molar-refractivity contribution in [3.05, 3.63) is 0 Å². The van der Waals surface area contributed by atoms with Crippen LogP contribution in [0.2, 0.25) is 0 Å². The maximum absolute atomic E-state index is 12.8. The Kier molecular flexibility index (Phi) is 3.11. The molecule has 112 valence electrons. The Morgan fingerprint density at radius 3 is 2.15 bits per heavy atom. The van der Waals surface area contributed by atoms with Gasteiger partial charge in [0.25, 0.3) is 0 Å². The van der Waals surface area contributed by atoms with Gasteiger partial charge in [-0.1, -0.05) is 0 Å². The topological polar surface area (TPSA) is 57.6 Å². The van der Waals surface area contributed by atoms with Crippen LogP contribution in [-0.2, 0) is 9.59 Å². The van der Waals surface area contributed by atoms with Gasteiger partial charge >= 0.3 is 5.97 Å². The third-order valence-corrected chi connectivity index (χ3v) is 5.65. The average molecular weight is 279 g/mol. The van der Waals surface area contributed by atoms with Gasteiger partial charge in [-0.2, -0.15) is 0 Å². The Hall–Kier alpha value is -1.06. The van der Waals surface area contributed by atoms with Gasteiger partial charge < -0.3 is 10.0 Å². The van der Waals surface area contributed by atoms with Crippen molar-refractivity contribution >= 4 is 11.9 Å². The monoisotopic (exact) mass is 279 g/mol. The van der Waals surface area contributed by atoms with E-state index in [0.717, 1.165) is 11.8 Å². The van der Waals surface area contributed by atoms with E-state index in [4.69, 9.17) is 5.11 Å². The lowest BCUT2D eigenvalue weighted by molar-refractivity contribution is -0.141. The molecule has 0 saturated heterocycles. The summed E-state index contributed by atoms with van der Waals surface area (Å²) in [6.45, 7) is 6.33. The minimum Gasteiger partial charge on any atom is -0.481 e. The summed E-state index contributed by atoms with van der Waals surface area (Å²) < 4.78 is 0. The summed E-state index contributed by atoms with van der Waals surface area (Å²) in [5.41, 5.74) is -0.289. The molecule has 20 heavy (non-hydrogen) atoms. The van der Waals surface area contributed by atoms with Crippen molar-refractivity contribution in [3.63, 3.8) is 0 Å². The molecule has 3 fully saturated rings. The lowest BCUT2D eigenvalue weighted by atomic mass is 9.98. The maximum atomic E-state index is 12.8. The second-order valence-corrected chi connectivity index (χ2v) is 7.82. The fourth-order valence-corrected chi connectivity index (χ4v) is 4.82. The van der Waals surface area contributed by atoms with E-state index in [1.807, 2.05) is 25.7 Å². The van der Waals surface area contributed by atoms with Crippen molar-refractivity contribution in [3.8, 4) is 0 Å². The number of hydrogen-bond acceptors (Lipinski definition) is 2. The van der Waals surface area contributed by atoms with Crippen LogP contribution in [-0.4, -0.2) is 34.0 Å². The van der Waals surface area contributed by atoms with Crippen LogP contribution in [0.1, 0.15) is 46.5 Å². The highest BCUT2D eigenvalue weighted by Gasteiger charge is 2.68. The fourth-order valence-electron chi connectivity index (χ4n) is 4.82. The average Bonchev–Trinajstić information content (AvgIpc) is 2.76. The van der Waals surface area contributed by atoms with Crippen LogP contribution < -0.4 is 0 Å². The summed E-state index contributed by atoms with van der Waals surface area (Å²) in [5.74, 6) is 2.38. The van der Waals surface area contributed by atoms with Gasteiger partial charge in [0.2, 0.25) is 5.91 Å². The van der Waals surface area contributed by atoms with E-state index in [0.29, 0.717) is 18.4 Å². The first-order chi connectivity index (χ1) is 9.30. The van der Waals surface area contributed by atoms with Gasteiger partial charge in [-0.25, -0.2) is 0 Å². The molecule has 4 unspecified atom stereocenters. The second-order valence-electron chi connectivity index (χ2n) is 7.82. The van der Waals surface area contributed by atoms with Crippen LogP contribution in [0, 0.1) is 29.6 Å². The Labute approximate surface area is 120 Å². The Balaban J connectivity index is 1.69. The molecular formula is C16H25NO3. The smallest absolute Gasteiger partial charge is 0.305 e. The van der Waals surface area contributed by atoms with E-state index in [2.05, 4.69) is 0 Å². The molecule has 2 bridgehead atoms. The van der Waals surface area contributed by atoms with Crippen LogP contribution >= 0.6 is 0 Å². The number of aliphatic carboxylic acids is 1. The van der Waals surface area contributed by atoms with E-state index < -0.39 is 5.97 Å². The Morgan fingerprint density at radius 2 is 1.70 bits per heavy atom. The van der Waals surface area contributed by atoms with Crippen LogP contribution in [0.4, 0.5) is 0 Å². The molecule has 3 aliphatic rings. The van der Waals surface area contributed by atoms with Crippen molar-refractivity contribution in [1.82, 2.24) is 4.90 Å². The number of carboxylic acid groups (broad SMARTS) is 1. The molecule has 0 aromatic heterocycles. The third kappa shape index (κ3) is 2.13. The van der Waals surface area contributed by atoms with Crippen LogP contribution in [0.3, 0.4) is 0 Å². The van der Waals surface area contributed by atoms with E-state index in [-0.39, 0.29) is 23.8 Å². The largest absolute Gasteiger partial charge is 0.481 e. The lowest BCUT2D eigenvalue weighted by Crippen LogP contribution is -2.48. The summed E-state index contributed by atoms with van der Waals surface area (Å²) in [4.78, 5) is 25.5. The van der Waals surface area contributed by atoms with Gasteiger partial charge in [0.05, 0.1) is 6.42 Å². The van der Waals surface area contributed by atoms with Crippen molar-refractivity contribution in [2.75, 3.05) is 6.54 Å². The maximum Gasteiger partial charge on any atom is 0.305 e. The third-order valence-electron chi connectivity index (χ3n) is 5.65. The predicted octanol–water partition coefficient (Wildman–Crippen LogP) is 2.38. The number of hydrogen-bond donors (Lipinski definition) is 1. The molecule has 3 saturated carbocycles. The molecule has 0 aliphatic heterocycles. The number of amides is 1. The second kappa shape index (κ2) is 4.47. The number of nitrogens with zero attached hydrogens (tertiary/aromatic N) is 1. The minimum absolute atomic E-state index is 0.0396. The number of carboxylic acids is 1. The van der Waals surface area contributed by atoms with Gasteiger partial charge in [-0.05, 0) is 63.7 Å². The highest BCUT2D eigenvalue weighted by Crippen LogP contribution is 2.69. The molecule has 4 nitrogen and oxygen atoms in total. The minimum atomic E-state index is -0.830. The van der Waals surface area contributed by atoms with Gasteiger partial charge in [-0.3, -0.25) is 9.59 Å². The molecule has 1 amide bonds. The normalized spacial score (nSPS) is 37.6. The first-order valence-electron chi connectivity index (χ1n) is 7.84. The van der Waals surface area contributed by atoms with Crippen LogP contribution in [0.5, 0.6) is 0 Å². The summed E-state index contributed by atoms with van der Waals surface area (Å²) in [7, 11) is 0. The molecule has 0 aromatic rings. The molecule has 1 N–H and O–H groups in total. The fraction of sp³-hybridized carbons (Fsp3) is 0.875. The quantitative estimate of drug-likeness (QED) is 0.859. The molecule has 3 rings (SSSR count). The molecule has 0 radical (unpaired) electrons. The van der Waals surface area contributed by atoms with E-state index in [1.54, 1.807) is 0 Å². The predicted molar refractivity (Wildman–Crippen MR) is 75.0 cm³/mol. The zero-order chi connectivity index (χ0) is 14.7. The highest BCUT2D eigenvalue weighted by atomic mass is 16.4. The van der Waals surface area contributed by atoms with Gasteiger partial charge in [0, 0.05) is 18.0 Å². The van der Waals surface area contributed by atoms with Crippen molar-refractivity contribution < 1.29 is 14.7 Å². The van der Waals surface area contributed by atoms with Crippen LogP contribution in [0.15, 0.2) is 0 Å². The lowest BCUT2D eigenvalue weighted by Gasteiger charge is -2.36. The zero-order valence-corrected chi connectivity index (χ0v) is 12.6. The number of carbonyl (C=O) groups is 2. The molecule has 3 aliphatic carbocycles. The number of carbonyl (C=O) groups excluding carboxylic acids is 1. The summed E-state index contributed by atoms with van der Waals surface area (Å²) >= 11 is 0. The van der Waals surface area contributed by atoms with Gasteiger partial charge in [-0.15, -0.1) is 0 Å². The molecule has 0 spiro atoms. The van der Waals surface area contributed by atoms with E-state index in [1.165, 1.54) is 19.3 Å². The molecule has 0 heterocycles. The standard InChI is InChI=1S/C16H25NO3/c1-16(2,3)17(7-6-11(18)19)15(20)14-12-9-4-5-10(8-9)13(12)14/h9-10,12-14H,4-8H2,1-3H3,(H,18,19). The van der Waals surface area contributed by atoms with Crippen molar-refractivity contribution in [2.24, 2.45) is 29.6 Å². The Morgan fingerprint density at radius 1 is 1.15 bits per heavy atom. The number of rotatable bonds is 4. The van der Waals surface area contributed by atoms with E-state index >= 15 is 0 Å². The molecule has 4 atom stereocenters. The van der Waals surface area contributed by atoms with Crippen molar-refractivity contribution in [1.29, 1.82) is 0 Å². The first-order valence-corrected chi connectivity index (χ1v) is 7.84. The van der Waals surface area contributed by atoms with Gasteiger partial charge in [0.1, 0.15) is 0 Å².